The van der Waals surface area contributed by atoms with Crippen LogP contribution in [0, 0.1) is 5.41 Å². The lowest BCUT2D eigenvalue weighted by atomic mass is 9.90. The standard InChI is InChI=1S/C29H35N7O4/c1-17(37)11-18-12-19(7-10-30-18)40-20-14-31-26-24(25(20)38-6)35(5)27(33-26)32-23-13-21(28(2,3)4)36(34-23)22-15-39-16-29(22)8-9-29/h7,10,12-14,22H,8-9,11,15-16H2,1-6H3,(H,31,32,33,34)/t22-/m0/s1. The summed E-state index contributed by atoms with van der Waals surface area (Å²) in [5.41, 5.74) is 3.11. The number of pyridine rings is 2. The molecule has 210 valence electrons. The van der Waals surface area contributed by atoms with Crippen LogP contribution in [0.5, 0.6) is 17.2 Å². The number of aromatic nitrogens is 6. The number of Topliss-reactive ketones (excluding diaryl/α,β-unsaturated/α-hetero) is 1. The van der Waals surface area contributed by atoms with Crippen LogP contribution in [0.1, 0.15) is 58.0 Å². The summed E-state index contributed by atoms with van der Waals surface area (Å²) >= 11 is 0. The van der Waals surface area contributed by atoms with Crippen molar-refractivity contribution in [1.82, 2.24) is 29.3 Å². The zero-order valence-electron chi connectivity index (χ0n) is 23.8. The van der Waals surface area contributed by atoms with Crippen molar-refractivity contribution in [2.75, 3.05) is 25.6 Å². The zero-order valence-corrected chi connectivity index (χ0v) is 23.8. The molecule has 1 saturated heterocycles. The molecule has 11 nitrogen and oxygen atoms in total. The summed E-state index contributed by atoms with van der Waals surface area (Å²) in [6.07, 6.45) is 5.81. The maximum atomic E-state index is 11.5. The molecule has 0 aromatic carbocycles. The number of nitrogens with zero attached hydrogens (tertiary/aromatic N) is 6. The molecule has 1 spiro atoms. The fourth-order valence-electron chi connectivity index (χ4n) is 5.49. The van der Waals surface area contributed by atoms with E-state index in [0.717, 1.165) is 18.1 Å². The van der Waals surface area contributed by atoms with Crippen LogP contribution in [0.3, 0.4) is 0 Å². The second-order valence-electron chi connectivity index (χ2n) is 11.9. The van der Waals surface area contributed by atoms with Crippen LogP contribution in [0.2, 0.25) is 0 Å². The molecular formula is C29H35N7O4. The summed E-state index contributed by atoms with van der Waals surface area (Å²) in [4.78, 5) is 25.1. The second-order valence-corrected chi connectivity index (χ2v) is 11.9. The molecule has 0 amide bonds. The summed E-state index contributed by atoms with van der Waals surface area (Å²) < 4.78 is 21.9. The van der Waals surface area contributed by atoms with Crippen LogP contribution in [0.25, 0.3) is 11.2 Å². The number of carbonyl (C=O) groups is 1. The van der Waals surface area contributed by atoms with Crippen molar-refractivity contribution < 1.29 is 19.0 Å². The second kappa shape index (κ2) is 9.58. The first-order chi connectivity index (χ1) is 19.1. The van der Waals surface area contributed by atoms with Gasteiger partial charge in [0.15, 0.2) is 23.0 Å². The van der Waals surface area contributed by atoms with Crippen molar-refractivity contribution in [3.63, 3.8) is 0 Å². The van der Waals surface area contributed by atoms with E-state index in [-0.39, 0.29) is 29.1 Å². The Morgan fingerprint density at radius 2 is 2.05 bits per heavy atom. The Balaban J connectivity index is 1.33. The molecule has 40 heavy (non-hydrogen) atoms. The van der Waals surface area contributed by atoms with Gasteiger partial charge in [0.2, 0.25) is 5.95 Å². The van der Waals surface area contributed by atoms with Crippen molar-refractivity contribution in [2.45, 2.75) is 58.4 Å². The van der Waals surface area contributed by atoms with Crippen molar-refractivity contribution >= 4 is 28.7 Å². The minimum absolute atomic E-state index is 0.0308. The molecule has 5 heterocycles. The van der Waals surface area contributed by atoms with E-state index in [1.807, 2.05) is 11.6 Å². The minimum atomic E-state index is -0.0911. The number of ether oxygens (including phenoxy) is 3. The third-order valence-corrected chi connectivity index (χ3v) is 7.77. The number of rotatable bonds is 8. The highest BCUT2D eigenvalue weighted by Crippen LogP contribution is 2.58. The predicted molar refractivity (Wildman–Crippen MR) is 149 cm³/mol. The van der Waals surface area contributed by atoms with E-state index in [4.69, 9.17) is 24.3 Å². The maximum Gasteiger partial charge on any atom is 0.211 e. The largest absolute Gasteiger partial charge is 0.491 e. The molecule has 2 fully saturated rings. The molecule has 0 bridgehead atoms. The highest BCUT2D eigenvalue weighted by Gasteiger charge is 2.55. The van der Waals surface area contributed by atoms with Crippen LogP contribution < -0.4 is 14.8 Å². The molecule has 11 heteroatoms. The Hall–Kier alpha value is -3.99. The van der Waals surface area contributed by atoms with E-state index in [2.05, 4.69) is 46.8 Å². The number of nitrogens with one attached hydrogen (secondary N) is 1. The first-order valence-electron chi connectivity index (χ1n) is 13.5. The molecule has 1 aliphatic carbocycles. The van der Waals surface area contributed by atoms with Gasteiger partial charge in [0.05, 0.1) is 38.3 Å². The average molecular weight is 546 g/mol. The van der Waals surface area contributed by atoms with Gasteiger partial charge >= 0.3 is 0 Å². The Labute approximate surface area is 232 Å². The molecule has 1 atom stereocenters. The number of fused-ring (bicyclic) bond motifs is 1. The van der Waals surface area contributed by atoms with Gasteiger partial charge in [-0.25, -0.2) is 4.98 Å². The normalized spacial score (nSPS) is 17.9. The van der Waals surface area contributed by atoms with E-state index in [1.54, 1.807) is 31.6 Å². The van der Waals surface area contributed by atoms with Gasteiger partial charge in [-0.15, -0.1) is 0 Å². The van der Waals surface area contributed by atoms with Gasteiger partial charge in [-0.1, -0.05) is 20.8 Å². The van der Waals surface area contributed by atoms with E-state index >= 15 is 0 Å². The van der Waals surface area contributed by atoms with Gasteiger partial charge in [-0.3, -0.25) is 14.5 Å². The lowest BCUT2D eigenvalue weighted by Crippen LogP contribution is -2.26. The monoisotopic (exact) mass is 545 g/mol. The Bertz CT molecular complexity index is 1600. The van der Waals surface area contributed by atoms with Crippen LogP contribution in [-0.2, 0) is 28.4 Å². The molecule has 0 radical (unpaired) electrons. The van der Waals surface area contributed by atoms with Gasteiger partial charge in [-0.05, 0) is 25.8 Å². The Morgan fingerprint density at radius 3 is 2.75 bits per heavy atom. The average Bonchev–Trinajstić information content (AvgIpc) is 3.20. The molecule has 1 saturated carbocycles. The summed E-state index contributed by atoms with van der Waals surface area (Å²) in [7, 11) is 3.48. The first-order valence-corrected chi connectivity index (χ1v) is 13.5. The number of hydrogen-bond acceptors (Lipinski definition) is 9. The van der Waals surface area contributed by atoms with Crippen LogP contribution in [0.4, 0.5) is 11.8 Å². The molecule has 1 aliphatic heterocycles. The fourth-order valence-corrected chi connectivity index (χ4v) is 5.49. The summed E-state index contributed by atoms with van der Waals surface area (Å²) in [5.74, 6) is 2.80. The number of aryl methyl sites for hydroxylation is 1. The lowest BCUT2D eigenvalue weighted by molar-refractivity contribution is -0.116. The summed E-state index contributed by atoms with van der Waals surface area (Å²) in [6, 6.07) is 5.82. The van der Waals surface area contributed by atoms with Crippen molar-refractivity contribution in [1.29, 1.82) is 0 Å². The summed E-state index contributed by atoms with van der Waals surface area (Å²) in [5, 5.41) is 8.43. The van der Waals surface area contributed by atoms with Crippen LogP contribution in [0.15, 0.2) is 30.6 Å². The molecule has 6 rings (SSSR count). The van der Waals surface area contributed by atoms with Crippen molar-refractivity contribution in [3.8, 4) is 17.2 Å². The smallest absolute Gasteiger partial charge is 0.211 e. The molecule has 4 aromatic heterocycles. The van der Waals surface area contributed by atoms with Crippen molar-refractivity contribution in [3.05, 3.63) is 42.0 Å². The van der Waals surface area contributed by atoms with Crippen LogP contribution >= 0.6 is 0 Å². The molecular weight excluding hydrogens is 510 g/mol. The van der Waals surface area contributed by atoms with Gasteiger partial charge in [0, 0.05) is 48.3 Å². The maximum absolute atomic E-state index is 11.5. The number of methoxy groups -OCH3 is 1. The fraction of sp³-hybridized carbons (Fsp3) is 0.483. The third kappa shape index (κ3) is 4.68. The van der Waals surface area contributed by atoms with Gasteiger partial charge in [0.1, 0.15) is 17.0 Å². The zero-order chi connectivity index (χ0) is 28.2. The number of hydrogen-bond donors (Lipinski definition) is 1. The quantitative estimate of drug-likeness (QED) is 0.330. The predicted octanol–water partition coefficient (Wildman–Crippen LogP) is 4.88. The molecule has 2 aliphatic rings. The summed E-state index contributed by atoms with van der Waals surface area (Å²) in [6.45, 7) is 9.64. The van der Waals surface area contributed by atoms with Gasteiger partial charge in [0.25, 0.3) is 0 Å². The highest BCUT2D eigenvalue weighted by molar-refractivity contribution is 5.84. The van der Waals surface area contributed by atoms with E-state index in [1.165, 1.54) is 19.8 Å². The molecule has 4 aromatic rings. The van der Waals surface area contributed by atoms with E-state index in [9.17, 15) is 4.79 Å². The highest BCUT2D eigenvalue weighted by atomic mass is 16.5. The lowest BCUT2D eigenvalue weighted by Gasteiger charge is -2.25. The van der Waals surface area contributed by atoms with Crippen LogP contribution in [-0.4, -0.2) is 55.4 Å². The van der Waals surface area contributed by atoms with E-state index < -0.39 is 0 Å². The molecule has 1 N–H and O–H groups in total. The minimum Gasteiger partial charge on any atom is -0.491 e. The number of ketones is 1. The number of imidazole rings is 1. The Morgan fingerprint density at radius 1 is 1.25 bits per heavy atom. The topological polar surface area (TPSA) is 118 Å². The third-order valence-electron chi connectivity index (χ3n) is 7.77. The SMILES string of the molecule is COc1c(Oc2ccnc(CC(C)=O)c2)cnc2nc(Nc3cc(C(C)(C)C)n([C@H]4COCC45CC5)n3)n(C)c12. The number of carbonyl (C=O) groups excluding carboxylic acids is 1. The number of anilines is 2. The van der Waals surface area contributed by atoms with E-state index in [0.29, 0.717) is 46.7 Å². The Kier molecular flexibility index (Phi) is 6.29. The van der Waals surface area contributed by atoms with Crippen molar-refractivity contribution in [2.24, 2.45) is 12.5 Å². The molecule has 0 unspecified atom stereocenters. The van der Waals surface area contributed by atoms with Gasteiger partial charge in [-0.2, -0.15) is 10.1 Å². The first kappa shape index (κ1) is 26.2. The van der Waals surface area contributed by atoms with Gasteiger partial charge < -0.3 is 24.1 Å².